The molecule has 0 aromatic carbocycles. The Kier molecular flexibility index (Phi) is 7.73. The maximum Gasteiger partial charge on any atom is 0.316 e. The van der Waals surface area contributed by atoms with Gasteiger partial charge >= 0.3 is 5.97 Å². The molecule has 1 N–H and O–H groups in total. The molecule has 1 saturated carbocycles. The van der Waals surface area contributed by atoms with Crippen LogP contribution in [0.5, 0.6) is 0 Å². The van der Waals surface area contributed by atoms with Crippen LogP contribution in [0.15, 0.2) is 12.1 Å². The lowest BCUT2D eigenvalue weighted by molar-refractivity contribution is -0.146. The number of thiophene rings is 1. The summed E-state index contributed by atoms with van der Waals surface area (Å²) in [4.78, 5) is 24.6. The third kappa shape index (κ3) is 6.73. The van der Waals surface area contributed by atoms with Crippen LogP contribution < -0.4 is 5.32 Å². The average Bonchev–Trinajstić information content (AvgIpc) is 2.93. The fourth-order valence-electron chi connectivity index (χ4n) is 2.63. The predicted octanol–water partition coefficient (Wildman–Crippen LogP) is 3.87. The first-order chi connectivity index (χ1) is 11.0. The van der Waals surface area contributed by atoms with Gasteiger partial charge in [-0.15, -0.1) is 23.1 Å². The highest BCUT2D eigenvalue weighted by atomic mass is 35.5. The number of nitrogens with one attached hydrogen (secondary N) is 1. The quantitative estimate of drug-likeness (QED) is 0.735. The zero-order valence-corrected chi connectivity index (χ0v) is 15.6. The molecule has 1 aromatic heterocycles. The first-order valence-corrected chi connectivity index (χ1v) is 10.2. The van der Waals surface area contributed by atoms with Crippen LogP contribution >= 0.6 is 34.7 Å². The van der Waals surface area contributed by atoms with E-state index in [4.69, 9.17) is 16.3 Å². The average molecular weight is 376 g/mol. The summed E-state index contributed by atoms with van der Waals surface area (Å²) in [6, 6.07) is 4.01. The maximum atomic E-state index is 11.9. The number of hydrogen-bond acceptors (Lipinski definition) is 5. The minimum atomic E-state index is -0.357. The van der Waals surface area contributed by atoms with E-state index in [1.165, 1.54) is 29.5 Å². The molecule has 1 aromatic rings. The second-order valence-electron chi connectivity index (χ2n) is 5.80. The van der Waals surface area contributed by atoms with Gasteiger partial charge in [0.2, 0.25) is 0 Å². The molecule has 2 atom stereocenters. The van der Waals surface area contributed by atoms with E-state index >= 15 is 0 Å². The first kappa shape index (κ1) is 18.6. The van der Waals surface area contributed by atoms with Crippen LogP contribution in [0.25, 0.3) is 0 Å². The molecule has 7 heteroatoms. The smallest absolute Gasteiger partial charge is 0.316 e. The van der Waals surface area contributed by atoms with E-state index in [0.717, 1.165) is 34.2 Å². The monoisotopic (exact) mass is 375 g/mol. The standard InChI is InChI=1S/C16H22ClNO3S2/c1-11-4-2-3-5-13(11)18-15(19)8-21-16(20)10-22-9-12-6-7-14(17)23-12/h6-7,11,13H,2-5,8-10H2,1H3,(H,18,19)/t11-,13+/m0/s1. The van der Waals surface area contributed by atoms with E-state index < -0.39 is 0 Å². The molecule has 23 heavy (non-hydrogen) atoms. The van der Waals surface area contributed by atoms with Gasteiger partial charge in [0.1, 0.15) is 0 Å². The summed E-state index contributed by atoms with van der Waals surface area (Å²) < 4.78 is 5.78. The number of rotatable bonds is 7. The van der Waals surface area contributed by atoms with Gasteiger partial charge in [-0.2, -0.15) is 0 Å². The fraction of sp³-hybridized carbons (Fsp3) is 0.625. The van der Waals surface area contributed by atoms with E-state index in [0.29, 0.717) is 5.92 Å². The predicted molar refractivity (Wildman–Crippen MR) is 96.0 cm³/mol. The molecule has 0 radical (unpaired) electrons. The first-order valence-electron chi connectivity index (χ1n) is 7.81. The highest BCUT2D eigenvalue weighted by Gasteiger charge is 2.23. The van der Waals surface area contributed by atoms with Crippen LogP contribution in [0, 0.1) is 5.92 Å². The lowest BCUT2D eigenvalue weighted by Gasteiger charge is -2.29. The van der Waals surface area contributed by atoms with Crippen LogP contribution in [0.3, 0.4) is 0 Å². The lowest BCUT2D eigenvalue weighted by atomic mass is 9.86. The molecule has 2 rings (SSSR count). The number of carbonyl (C=O) groups is 2. The Morgan fingerprint density at radius 1 is 1.39 bits per heavy atom. The van der Waals surface area contributed by atoms with Gasteiger partial charge in [-0.25, -0.2) is 0 Å². The maximum absolute atomic E-state index is 11.9. The normalized spacial score (nSPS) is 21.0. The van der Waals surface area contributed by atoms with E-state index in [-0.39, 0.29) is 30.3 Å². The molecule has 1 fully saturated rings. The van der Waals surface area contributed by atoms with Crippen molar-refractivity contribution in [3.05, 3.63) is 21.3 Å². The third-order valence-corrected chi connectivity index (χ3v) is 6.28. The van der Waals surface area contributed by atoms with Crippen molar-refractivity contribution in [2.24, 2.45) is 5.92 Å². The van der Waals surface area contributed by atoms with Crippen molar-refractivity contribution in [1.82, 2.24) is 5.32 Å². The lowest BCUT2D eigenvalue weighted by Crippen LogP contribution is -2.43. The third-order valence-electron chi connectivity index (χ3n) is 3.92. The molecule has 1 amide bonds. The zero-order valence-electron chi connectivity index (χ0n) is 13.2. The van der Waals surface area contributed by atoms with Crippen LogP contribution in [-0.4, -0.2) is 30.3 Å². The Morgan fingerprint density at radius 2 is 2.17 bits per heavy atom. The van der Waals surface area contributed by atoms with E-state index in [1.54, 1.807) is 0 Å². The Labute approximate surface area is 150 Å². The summed E-state index contributed by atoms with van der Waals surface area (Å²) in [6.07, 6.45) is 4.54. The van der Waals surface area contributed by atoms with Gasteiger partial charge in [-0.1, -0.05) is 31.4 Å². The molecule has 0 spiro atoms. The molecule has 1 aliphatic carbocycles. The largest absolute Gasteiger partial charge is 0.455 e. The highest BCUT2D eigenvalue weighted by Crippen LogP contribution is 2.25. The SMILES string of the molecule is C[C@H]1CCCC[C@H]1NC(=O)COC(=O)CSCc1ccc(Cl)s1. The van der Waals surface area contributed by atoms with Crippen LogP contribution in [0.4, 0.5) is 0 Å². The van der Waals surface area contributed by atoms with Crippen molar-refractivity contribution >= 4 is 46.6 Å². The van der Waals surface area contributed by atoms with Gasteiger partial charge in [-0.05, 0) is 30.9 Å². The molecule has 0 bridgehead atoms. The fourth-order valence-corrected chi connectivity index (χ4v) is 4.65. The summed E-state index contributed by atoms with van der Waals surface area (Å²) in [5, 5.41) is 2.97. The second-order valence-corrected chi connectivity index (χ2v) is 8.58. The molecular formula is C16H22ClNO3S2. The van der Waals surface area contributed by atoms with Crippen molar-refractivity contribution in [3.63, 3.8) is 0 Å². The second kappa shape index (κ2) is 9.55. The molecular weight excluding hydrogens is 354 g/mol. The van der Waals surface area contributed by atoms with Gasteiger partial charge < -0.3 is 10.1 Å². The summed E-state index contributed by atoms with van der Waals surface area (Å²) in [6.45, 7) is 1.97. The number of esters is 1. The summed E-state index contributed by atoms with van der Waals surface area (Å²) in [5.41, 5.74) is 0. The number of thioether (sulfide) groups is 1. The minimum absolute atomic E-state index is 0.187. The van der Waals surface area contributed by atoms with E-state index in [2.05, 4.69) is 12.2 Å². The van der Waals surface area contributed by atoms with Crippen molar-refractivity contribution in [3.8, 4) is 0 Å². The molecule has 0 saturated heterocycles. The number of carbonyl (C=O) groups excluding carboxylic acids is 2. The number of ether oxygens (including phenoxy) is 1. The molecule has 4 nitrogen and oxygen atoms in total. The van der Waals surface area contributed by atoms with Crippen LogP contribution in [0.1, 0.15) is 37.5 Å². The van der Waals surface area contributed by atoms with E-state index in [1.807, 2.05) is 12.1 Å². The van der Waals surface area contributed by atoms with Crippen molar-refractivity contribution in [1.29, 1.82) is 0 Å². The number of amides is 1. The van der Waals surface area contributed by atoms with Crippen LogP contribution in [-0.2, 0) is 20.1 Å². The number of hydrogen-bond donors (Lipinski definition) is 1. The van der Waals surface area contributed by atoms with Crippen molar-refractivity contribution in [2.75, 3.05) is 12.4 Å². The topological polar surface area (TPSA) is 55.4 Å². The van der Waals surface area contributed by atoms with Gasteiger partial charge in [0, 0.05) is 16.7 Å². The Hall–Kier alpha value is -0.720. The van der Waals surface area contributed by atoms with Gasteiger partial charge in [0.15, 0.2) is 6.61 Å². The molecule has 0 unspecified atom stereocenters. The highest BCUT2D eigenvalue weighted by molar-refractivity contribution is 7.99. The van der Waals surface area contributed by atoms with Gasteiger partial charge in [0.05, 0.1) is 10.1 Å². The molecule has 1 aliphatic rings. The Balaban J connectivity index is 1.59. The summed E-state index contributed by atoms with van der Waals surface area (Å²) >= 11 is 8.82. The molecule has 1 heterocycles. The minimum Gasteiger partial charge on any atom is -0.455 e. The number of halogens is 1. The van der Waals surface area contributed by atoms with Crippen molar-refractivity contribution in [2.45, 2.75) is 44.4 Å². The zero-order chi connectivity index (χ0) is 16.7. The Morgan fingerprint density at radius 3 is 2.87 bits per heavy atom. The van der Waals surface area contributed by atoms with Gasteiger partial charge in [-0.3, -0.25) is 9.59 Å². The van der Waals surface area contributed by atoms with E-state index in [9.17, 15) is 9.59 Å². The van der Waals surface area contributed by atoms with Crippen LogP contribution in [0.2, 0.25) is 4.34 Å². The van der Waals surface area contributed by atoms with Crippen molar-refractivity contribution < 1.29 is 14.3 Å². The summed E-state index contributed by atoms with van der Waals surface area (Å²) in [7, 11) is 0. The molecule has 128 valence electrons. The van der Waals surface area contributed by atoms with Gasteiger partial charge in [0.25, 0.3) is 5.91 Å². The molecule has 0 aliphatic heterocycles. The Bertz CT molecular complexity index is 535. The summed E-state index contributed by atoms with van der Waals surface area (Å²) in [5.74, 6) is 0.897.